The number of sulfone groups is 1. The minimum atomic E-state index is -3.96. The van der Waals surface area contributed by atoms with Crippen LogP contribution in [0, 0.1) is 5.82 Å². The van der Waals surface area contributed by atoms with E-state index < -0.39 is 31.5 Å². The molecule has 5 aromatic rings. The molecule has 1 N–H and O–H groups in total. The Kier molecular flexibility index (Phi) is 6.94. The number of fused-ring (bicyclic) bond motifs is 1. The van der Waals surface area contributed by atoms with E-state index in [1.807, 2.05) is 12.1 Å². The van der Waals surface area contributed by atoms with E-state index in [0.717, 1.165) is 27.6 Å². The largest absolute Gasteiger partial charge is 0.423 e. The van der Waals surface area contributed by atoms with Crippen LogP contribution in [0.1, 0.15) is 27.6 Å². The number of halogens is 1. The topological polar surface area (TPSA) is 132 Å². The van der Waals surface area contributed by atoms with E-state index in [1.54, 1.807) is 48.5 Å². The number of carbonyl (C=O) groups excluding carboxylic acids is 2. The first-order valence-electron chi connectivity index (χ1n) is 12.0. The molecule has 9 nitrogen and oxygen atoms in total. The highest BCUT2D eigenvalue weighted by Crippen LogP contribution is 2.38. The van der Waals surface area contributed by atoms with Crippen LogP contribution in [0.4, 0.5) is 9.18 Å². The van der Waals surface area contributed by atoms with E-state index in [9.17, 15) is 22.4 Å². The number of carbonyl (C=O) groups is 2. The third-order valence-corrected chi connectivity index (χ3v) is 10.3. The quantitative estimate of drug-likeness (QED) is 0.261. The molecule has 1 aliphatic rings. The molecule has 2 aromatic heterocycles. The van der Waals surface area contributed by atoms with Crippen molar-refractivity contribution in [1.82, 2.24) is 20.5 Å². The maximum Gasteiger partial charge on any atom is 0.286 e. The number of aromatic nitrogens is 3. The third-order valence-electron chi connectivity index (χ3n) is 6.21. The molecule has 202 valence electrons. The summed E-state index contributed by atoms with van der Waals surface area (Å²) >= 11 is 2.00. The van der Waals surface area contributed by atoms with Crippen molar-refractivity contribution in [2.45, 2.75) is 22.7 Å². The Morgan fingerprint density at radius 1 is 0.975 bits per heavy atom. The summed E-state index contributed by atoms with van der Waals surface area (Å²) in [4.78, 5) is 28.1. The van der Waals surface area contributed by atoms with Crippen LogP contribution >= 0.6 is 23.1 Å². The van der Waals surface area contributed by atoms with Gasteiger partial charge in [-0.15, -0.1) is 21.5 Å². The first kappa shape index (κ1) is 26.3. The van der Waals surface area contributed by atoms with Gasteiger partial charge in [0.25, 0.3) is 5.24 Å². The molecule has 2 unspecified atom stereocenters. The van der Waals surface area contributed by atoms with Crippen molar-refractivity contribution in [3.05, 3.63) is 101 Å². The van der Waals surface area contributed by atoms with Gasteiger partial charge in [-0.05, 0) is 41.0 Å². The molecule has 3 heterocycles. The molecule has 1 aliphatic heterocycles. The average molecular weight is 595 g/mol. The first-order chi connectivity index (χ1) is 19.2. The maximum atomic E-state index is 13.8. The first-order valence-corrected chi connectivity index (χ1v) is 15.4. The van der Waals surface area contributed by atoms with Crippen LogP contribution in [0.5, 0.6) is 0 Å². The molecule has 0 spiro atoms. The number of hydrogen-bond donors (Lipinski definition) is 1. The normalized spacial score (nSPS) is 16.4. The SMILES string of the molecule is O=C1NC(=O)C(Cc2nnc(C(c3nc4ccc(-c5ccc(F)cc5)cc4s3)S(=O)(=O)Cc3ccccc3)o2)S1. The highest BCUT2D eigenvalue weighted by atomic mass is 32.2. The van der Waals surface area contributed by atoms with Crippen molar-refractivity contribution in [2.24, 2.45) is 0 Å². The van der Waals surface area contributed by atoms with Gasteiger partial charge in [0, 0.05) is 6.42 Å². The van der Waals surface area contributed by atoms with Gasteiger partial charge in [0.15, 0.2) is 15.1 Å². The molecule has 2 amide bonds. The van der Waals surface area contributed by atoms with E-state index in [2.05, 4.69) is 20.5 Å². The van der Waals surface area contributed by atoms with Crippen LogP contribution in [0.2, 0.25) is 0 Å². The van der Waals surface area contributed by atoms with E-state index in [0.29, 0.717) is 11.1 Å². The second-order valence-electron chi connectivity index (χ2n) is 9.04. The highest BCUT2D eigenvalue weighted by Gasteiger charge is 2.38. The number of imide groups is 1. The van der Waals surface area contributed by atoms with Crippen LogP contribution in [0.15, 0.2) is 77.2 Å². The third kappa shape index (κ3) is 5.40. The molecule has 40 heavy (non-hydrogen) atoms. The molecule has 1 saturated heterocycles. The zero-order valence-corrected chi connectivity index (χ0v) is 22.9. The van der Waals surface area contributed by atoms with Gasteiger partial charge in [-0.25, -0.2) is 17.8 Å². The molecule has 3 aromatic carbocycles. The van der Waals surface area contributed by atoms with E-state index in [1.165, 1.54) is 23.5 Å². The molecule has 0 radical (unpaired) electrons. The lowest BCUT2D eigenvalue weighted by molar-refractivity contribution is -0.119. The number of nitrogens with one attached hydrogen (secondary N) is 1. The number of nitrogens with zero attached hydrogens (tertiary/aromatic N) is 3. The smallest absolute Gasteiger partial charge is 0.286 e. The summed E-state index contributed by atoms with van der Waals surface area (Å²) in [6, 6.07) is 20.3. The number of benzene rings is 3. The average Bonchev–Trinajstić information content (AvgIpc) is 3.63. The summed E-state index contributed by atoms with van der Waals surface area (Å²) < 4.78 is 47.6. The van der Waals surface area contributed by atoms with Crippen LogP contribution < -0.4 is 5.32 Å². The lowest BCUT2D eigenvalue weighted by Crippen LogP contribution is -2.25. The van der Waals surface area contributed by atoms with Gasteiger partial charge < -0.3 is 4.42 Å². The van der Waals surface area contributed by atoms with Gasteiger partial charge in [0.2, 0.25) is 17.7 Å². The maximum absolute atomic E-state index is 13.8. The van der Waals surface area contributed by atoms with Gasteiger partial charge in [0.05, 0.1) is 16.0 Å². The zero-order valence-electron chi connectivity index (χ0n) is 20.5. The molecule has 0 aliphatic carbocycles. The molecule has 6 rings (SSSR count). The van der Waals surface area contributed by atoms with E-state index in [-0.39, 0.29) is 34.8 Å². The van der Waals surface area contributed by atoms with Crippen molar-refractivity contribution >= 4 is 54.3 Å². The van der Waals surface area contributed by atoms with Crippen molar-refractivity contribution in [1.29, 1.82) is 0 Å². The number of thiazole rings is 1. The van der Waals surface area contributed by atoms with Crippen molar-refractivity contribution in [2.75, 3.05) is 0 Å². The summed E-state index contributed by atoms with van der Waals surface area (Å²) in [7, 11) is -3.96. The zero-order chi connectivity index (χ0) is 27.9. The standard InChI is InChI=1S/C27H19FN4O5S3/c28-18-9-6-16(7-10-18)17-8-11-19-20(12-17)38-26(29-19)23(40(35,36)14-15-4-2-1-3-5-15)25-32-31-22(37-25)13-21-24(33)30-27(34)39-21/h1-12,21,23H,13-14H2,(H,30,33,34). The lowest BCUT2D eigenvalue weighted by atomic mass is 10.1. The van der Waals surface area contributed by atoms with Crippen LogP contribution in [-0.4, -0.2) is 40.0 Å². The second-order valence-corrected chi connectivity index (χ2v) is 13.4. The number of thioether (sulfide) groups is 1. The Hall–Kier alpha value is -3.94. The predicted octanol–water partition coefficient (Wildman–Crippen LogP) is 5.08. The fourth-order valence-corrected chi connectivity index (χ4v) is 8.28. The summed E-state index contributed by atoms with van der Waals surface area (Å²) in [5, 5.41) is 7.91. The number of amides is 2. The molecule has 2 atom stereocenters. The monoisotopic (exact) mass is 594 g/mol. The molecule has 0 bridgehead atoms. The lowest BCUT2D eigenvalue weighted by Gasteiger charge is -2.12. The molecule has 1 fully saturated rings. The van der Waals surface area contributed by atoms with Crippen molar-refractivity contribution in [3.8, 4) is 11.1 Å². The Labute approximate surface area is 235 Å². The summed E-state index contributed by atoms with van der Waals surface area (Å²) in [6.07, 6.45) is -0.0262. The van der Waals surface area contributed by atoms with Gasteiger partial charge in [-0.3, -0.25) is 14.9 Å². The van der Waals surface area contributed by atoms with Crippen molar-refractivity contribution in [3.63, 3.8) is 0 Å². The minimum Gasteiger partial charge on any atom is -0.423 e. The fourth-order valence-electron chi connectivity index (χ4n) is 4.32. The van der Waals surface area contributed by atoms with Gasteiger partial charge in [-0.1, -0.05) is 60.3 Å². The second kappa shape index (κ2) is 10.6. The summed E-state index contributed by atoms with van der Waals surface area (Å²) in [5.74, 6) is -1.22. The number of hydrogen-bond acceptors (Lipinski definition) is 10. The van der Waals surface area contributed by atoms with E-state index in [4.69, 9.17) is 4.42 Å². The summed E-state index contributed by atoms with van der Waals surface area (Å²) in [5.41, 5.74) is 2.81. The van der Waals surface area contributed by atoms with Crippen LogP contribution in [0.25, 0.3) is 21.3 Å². The predicted molar refractivity (Wildman–Crippen MR) is 149 cm³/mol. The highest BCUT2D eigenvalue weighted by molar-refractivity contribution is 8.15. The molecule has 13 heteroatoms. The number of rotatable bonds is 8. The Balaban J connectivity index is 1.38. The molecular formula is C27H19FN4O5S3. The Morgan fingerprint density at radius 2 is 1.73 bits per heavy atom. The Morgan fingerprint density at radius 3 is 2.45 bits per heavy atom. The van der Waals surface area contributed by atoms with Crippen molar-refractivity contribution < 1.29 is 26.8 Å². The van der Waals surface area contributed by atoms with Crippen LogP contribution in [0.3, 0.4) is 0 Å². The Bertz CT molecular complexity index is 1840. The van der Waals surface area contributed by atoms with Gasteiger partial charge in [0.1, 0.15) is 16.1 Å². The van der Waals surface area contributed by atoms with Gasteiger partial charge in [-0.2, -0.15) is 0 Å². The summed E-state index contributed by atoms with van der Waals surface area (Å²) in [6.45, 7) is 0. The molecular weight excluding hydrogens is 576 g/mol. The molecule has 0 saturated carbocycles. The minimum absolute atomic E-state index is 0.0262. The van der Waals surface area contributed by atoms with Gasteiger partial charge >= 0.3 is 0 Å². The van der Waals surface area contributed by atoms with E-state index >= 15 is 0 Å². The fraction of sp³-hybridized carbons (Fsp3) is 0.148. The van der Waals surface area contributed by atoms with Crippen LogP contribution in [-0.2, 0) is 26.8 Å².